The number of aliphatic hydroxyl groups is 3. The maximum atomic E-state index is 13.4. The molecule has 3 saturated heterocycles. The molecule has 3 heterocycles. The Labute approximate surface area is 220 Å². The van der Waals surface area contributed by atoms with Gasteiger partial charge in [-0.2, -0.15) is 5.26 Å². The first-order valence-electron chi connectivity index (χ1n) is 12.3. The summed E-state index contributed by atoms with van der Waals surface area (Å²) in [6.07, 6.45) is -2.00. The third-order valence-electron chi connectivity index (χ3n) is 7.55. The summed E-state index contributed by atoms with van der Waals surface area (Å²) in [5, 5.41) is 45.8. The van der Waals surface area contributed by atoms with Gasteiger partial charge in [-0.1, -0.05) is 12.1 Å². The standard InChI is InChI=1S/C25H34ClN3O6S/c1-12(26)17(23-20(31)19(30)21(32)25(35-23)36-2)29-24(33)18-22-16(11-28-18)9-15(7-8-34-22)14-5-3-13(10-27)4-6-14/h3-6,12,15-23,25,28,30-32H,7-9,11H2,1-2H3,(H,29,33)/t12-,15+,16-,17+,18-,19?,20?,21+,22+,23+,25?/m0/s1. The second-order valence-electron chi connectivity index (χ2n) is 9.82. The molecule has 36 heavy (non-hydrogen) atoms. The molecule has 3 unspecified atom stereocenters. The van der Waals surface area contributed by atoms with Gasteiger partial charge in [0.1, 0.15) is 35.9 Å². The van der Waals surface area contributed by atoms with Gasteiger partial charge in [0.2, 0.25) is 5.91 Å². The Hall–Kier alpha value is -1.42. The summed E-state index contributed by atoms with van der Waals surface area (Å²) in [6.45, 7) is 2.82. The van der Waals surface area contributed by atoms with E-state index in [1.54, 1.807) is 13.2 Å². The number of hydrogen-bond donors (Lipinski definition) is 5. The molecule has 1 amide bonds. The van der Waals surface area contributed by atoms with Crippen molar-refractivity contribution in [2.24, 2.45) is 5.92 Å². The number of rotatable bonds is 6. The van der Waals surface area contributed by atoms with Crippen molar-refractivity contribution in [2.75, 3.05) is 19.4 Å². The lowest BCUT2D eigenvalue weighted by Crippen LogP contribution is -2.65. The van der Waals surface area contributed by atoms with Gasteiger partial charge < -0.3 is 35.4 Å². The zero-order valence-corrected chi connectivity index (χ0v) is 21.9. The van der Waals surface area contributed by atoms with Crippen LogP contribution in [0.15, 0.2) is 24.3 Å². The number of benzene rings is 1. The van der Waals surface area contributed by atoms with Crippen LogP contribution >= 0.6 is 23.4 Å². The van der Waals surface area contributed by atoms with E-state index in [1.165, 1.54) is 11.8 Å². The van der Waals surface area contributed by atoms with Crippen molar-refractivity contribution < 1.29 is 29.6 Å². The summed E-state index contributed by atoms with van der Waals surface area (Å²) < 4.78 is 12.0. The summed E-state index contributed by atoms with van der Waals surface area (Å²) >= 11 is 7.62. The maximum Gasteiger partial charge on any atom is 0.240 e. The summed E-state index contributed by atoms with van der Waals surface area (Å²) in [5.41, 5.74) is 1.03. The van der Waals surface area contributed by atoms with E-state index < -0.39 is 47.3 Å². The van der Waals surface area contributed by atoms with Crippen LogP contribution in [-0.4, -0.2) is 94.1 Å². The number of hydrogen-bond acceptors (Lipinski definition) is 9. The third-order valence-corrected chi connectivity index (χ3v) is 8.67. The first-order valence-corrected chi connectivity index (χ1v) is 14.0. The number of nitrogens with zero attached hydrogens (tertiary/aromatic N) is 1. The molecule has 0 bridgehead atoms. The highest BCUT2D eigenvalue weighted by Gasteiger charge is 2.49. The van der Waals surface area contributed by atoms with Crippen molar-refractivity contribution >= 4 is 29.3 Å². The van der Waals surface area contributed by atoms with E-state index in [1.807, 2.05) is 24.3 Å². The smallest absolute Gasteiger partial charge is 0.240 e. The molecule has 0 saturated carbocycles. The molecule has 11 atom stereocenters. The largest absolute Gasteiger partial charge is 0.388 e. The molecule has 3 fully saturated rings. The fourth-order valence-electron chi connectivity index (χ4n) is 5.51. The summed E-state index contributed by atoms with van der Waals surface area (Å²) in [7, 11) is 0. The molecular weight excluding hydrogens is 506 g/mol. The van der Waals surface area contributed by atoms with Crippen molar-refractivity contribution in [2.45, 2.75) is 79.1 Å². The number of aliphatic hydroxyl groups excluding tert-OH is 3. The SMILES string of the molecule is CSC1O[C@H]([C@H](NC(=O)[C@H]2NC[C@@H]3C[C@H](c4ccc(C#N)cc4)CCO[C@H]32)[C@H](C)Cl)C(O)C(O)[C@H]1O. The van der Waals surface area contributed by atoms with Crippen molar-refractivity contribution in [3.8, 4) is 6.07 Å². The van der Waals surface area contributed by atoms with Crippen molar-refractivity contribution in [3.05, 3.63) is 35.4 Å². The Morgan fingerprint density at radius 3 is 2.61 bits per heavy atom. The van der Waals surface area contributed by atoms with Crippen LogP contribution in [0, 0.1) is 17.2 Å². The molecule has 0 aliphatic carbocycles. The van der Waals surface area contributed by atoms with Gasteiger partial charge in [0, 0.05) is 19.1 Å². The van der Waals surface area contributed by atoms with Gasteiger partial charge in [-0.15, -0.1) is 23.4 Å². The van der Waals surface area contributed by atoms with Gasteiger partial charge in [-0.05, 0) is 49.6 Å². The highest BCUT2D eigenvalue weighted by atomic mass is 35.5. The predicted molar refractivity (Wildman–Crippen MR) is 136 cm³/mol. The summed E-state index contributed by atoms with van der Waals surface area (Å²) in [4.78, 5) is 13.4. The molecule has 198 valence electrons. The fraction of sp³-hybridized carbons (Fsp3) is 0.680. The molecular formula is C25H34ClN3O6S. The van der Waals surface area contributed by atoms with Gasteiger partial charge in [0.25, 0.3) is 0 Å². The van der Waals surface area contributed by atoms with Gasteiger partial charge in [0.15, 0.2) is 0 Å². The van der Waals surface area contributed by atoms with E-state index in [2.05, 4.69) is 16.7 Å². The van der Waals surface area contributed by atoms with E-state index in [4.69, 9.17) is 26.3 Å². The average Bonchev–Trinajstić information content (AvgIpc) is 3.16. The van der Waals surface area contributed by atoms with Gasteiger partial charge in [-0.25, -0.2) is 0 Å². The minimum absolute atomic E-state index is 0.130. The van der Waals surface area contributed by atoms with Gasteiger partial charge in [-0.3, -0.25) is 4.79 Å². The Kier molecular flexibility index (Phi) is 9.18. The maximum absolute atomic E-state index is 13.4. The highest BCUT2D eigenvalue weighted by molar-refractivity contribution is 7.99. The molecule has 5 N–H and O–H groups in total. The number of carbonyl (C=O) groups excluding carboxylic acids is 1. The topological polar surface area (TPSA) is 144 Å². The Morgan fingerprint density at radius 1 is 1.25 bits per heavy atom. The number of nitriles is 1. The minimum Gasteiger partial charge on any atom is -0.388 e. The van der Waals surface area contributed by atoms with Crippen LogP contribution in [0.1, 0.15) is 36.8 Å². The molecule has 0 spiro atoms. The molecule has 11 heteroatoms. The number of ether oxygens (including phenoxy) is 2. The zero-order valence-electron chi connectivity index (χ0n) is 20.3. The molecule has 4 rings (SSSR count). The van der Waals surface area contributed by atoms with Gasteiger partial charge in [0.05, 0.1) is 29.2 Å². The lowest BCUT2D eigenvalue weighted by atomic mass is 9.85. The van der Waals surface area contributed by atoms with E-state index >= 15 is 0 Å². The van der Waals surface area contributed by atoms with Crippen LogP contribution in [-0.2, 0) is 14.3 Å². The van der Waals surface area contributed by atoms with Crippen molar-refractivity contribution in [1.29, 1.82) is 5.26 Å². The zero-order chi connectivity index (χ0) is 26.0. The summed E-state index contributed by atoms with van der Waals surface area (Å²) in [6, 6.07) is 8.38. The average molecular weight is 540 g/mol. The number of nitrogens with one attached hydrogen (secondary N) is 2. The normalized spacial score (nSPS) is 38.3. The molecule has 3 aliphatic heterocycles. The van der Waals surface area contributed by atoms with Crippen LogP contribution in [0.3, 0.4) is 0 Å². The number of carbonyl (C=O) groups is 1. The Morgan fingerprint density at radius 2 is 1.97 bits per heavy atom. The molecule has 9 nitrogen and oxygen atoms in total. The second kappa shape index (κ2) is 12.0. The second-order valence-corrected chi connectivity index (χ2v) is 11.4. The summed E-state index contributed by atoms with van der Waals surface area (Å²) in [5.74, 6) is 0.0909. The number of amides is 1. The van der Waals surface area contributed by atoms with E-state index in [-0.39, 0.29) is 23.8 Å². The van der Waals surface area contributed by atoms with E-state index in [0.717, 1.165) is 18.4 Å². The minimum atomic E-state index is -1.42. The highest BCUT2D eigenvalue weighted by Crippen LogP contribution is 2.36. The third kappa shape index (κ3) is 5.69. The number of halogens is 1. The molecule has 0 radical (unpaired) electrons. The van der Waals surface area contributed by atoms with Crippen LogP contribution in [0.2, 0.25) is 0 Å². The van der Waals surface area contributed by atoms with E-state index in [0.29, 0.717) is 18.7 Å². The molecule has 1 aromatic rings. The molecule has 3 aliphatic rings. The van der Waals surface area contributed by atoms with Crippen LogP contribution < -0.4 is 10.6 Å². The first-order chi connectivity index (χ1) is 17.2. The monoisotopic (exact) mass is 539 g/mol. The van der Waals surface area contributed by atoms with E-state index in [9.17, 15) is 20.1 Å². The quantitative estimate of drug-likeness (QED) is 0.330. The molecule has 1 aromatic carbocycles. The Balaban J connectivity index is 1.43. The Bertz CT molecular complexity index is 945. The number of thioether (sulfide) groups is 1. The fourth-order valence-corrected chi connectivity index (χ4v) is 6.40. The first kappa shape index (κ1) is 27.6. The van der Waals surface area contributed by atoms with Crippen LogP contribution in [0.25, 0.3) is 0 Å². The lowest BCUT2D eigenvalue weighted by molar-refractivity contribution is -0.205. The van der Waals surface area contributed by atoms with Crippen LogP contribution in [0.4, 0.5) is 0 Å². The predicted octanol–water partition coefficient (Wildman–Crippen LogP) is 0.692. The number of fused-ring (bicyclic) bond motifs is 1. The van der Waals surface area contributed by atoms with Crippen LogP contribution in [0.5, 0.6) is 0 Å². The number of alkyl halides is 1. The van der Waals surface area contributed by atoms with Crippen molar-refractivity contribution in [1.82, 2.24) is 10.6 Å². The lowest BCUT2D eigenvalue weighted by Gasteiger charge is -2.44. The van der Waals surface area contributed by atoms with Crippen molar-refractivity contribution in [3.63, 3.8) is 0 Å². The molecule has 0 aromatic heterocycles. The van der Waals surface area contributed by atoms with Gasteiger partial charge >= 0.3 is 0 Å².